The first kappa shape index (κ1) is 20.1. The number of hydrogen-bond acceptors (Lipinski definition) is 4. The molecule has 3 atom stereocenters. The van der Waals surface area contributed by atoms with E-state index in [-0.39, 0.29) is 41.7 Å². The van der Waals surface area contributed by atoms with Crippen molar-refractivity contribution in [2.24, 2.45) is 28.9 Å². The molecule has 4 saturated carbocycles. The van der Waals surface area contributed by atoms with Crippen molar-refractivity contribution in [2.45, 2.75) is 50.7 Å². The minimum atomic E-state index is -0.395. The van der Waals surface area contributed by atoms with Crippen molar-refractivity contribution in [3.05, 3.63) is 33.7 Å². The lowest BCUT2D eigenvalue weighted by molar-refractivity contribution is -0.161. The Balaban J connectivity index is 1.17. The maximum atomic E-state index is 13.1. The van der Waals surface area contributed by atoms with Gasteiger partial charge < -0.3 is 20.4 Å². The number of carbonyl (C=O) groups is 2. The quantitative estimate of drug-likeness (QED) is 0.736. The van der Waals surface area contributed by atoms with Crippen LogP contribution >= 0.6 is 11.6 Å². The molecule has 0 spiro atoms. The summed E-state index contributed by atoms with van der Waals surface area (Å²) in [5, 5.41) is 0.513. The summed E-state index contributed by atoms with van der Waals surface area (Å²) in [6.07, 6.45) is 4.58. The van der Waals surface area contributed by atoms with Gasteiger partial charge in [0, 0.05) is 13.1 Å². The third kappa shape index (κ3) is 2.91. The van der Waals surface area contributed by atoms with Gasteiger partial charge in [-0.2, -0.15) is 0 Å². The maximum Gasteiger partial charge on any atom is 0.410 e. The summed E-state index contributed by atoms with van der Waals surface area (Å²) in [5.74, 6) is 0.758. The van der Waals surface area contributed by atoms with E-state index < -0.39 is 5.41 Å². The molecule has 2 aromatic rings. The SMILES string of the molecule is NC(=O)C12CC3CC(C1)C(OC(=O)N1CCC(n4c(=O)[nH]c5cccc(Cl)c54)C1)C(C3)C2. The van der Waals surface area contributed by atoms with Crippen LogP contribution in [-0.2, 0) is 9.53 Å². The predicted octanol–water partition coefficient (Wildman–Crippen LogP) is 3.05. The molecule has 0 radical (unpaired) electrons. The highest BCUT2D eigenvalue weighted by Gasteiger charge is 2.59. The fourth-order valence-corrected chi connectivity index (χ4v) is 7.53. The van der Waals surface area contributed by atoms with Crippen LogP contribution in [0.3, 0.4) is 0 Å². The van der Waals surface area contributed by atoms with E-state index in [4.69, 9.17) is 22.1 Å². The summed E-state index contributed by atoms with van der Waals surface area (Å²) in [5.41, 5.74) is 6.53. The molecule has 1 aromatic carbocycles. The number of hydrogen-bond donors (Lipinski definition) is 2. The van der Waals surface area contributed by atoms with Crippen LogP contribution in [0.25, 0.3) is 11.0 Å². The fraction of sp³-hybridized carbons (Fsp3) is 0.609. The molecule has 3 N–H and O–H groups in total. The number of aromatic amines is 1. The first-order valence-electron chi connectivity index (χ1n) is 11.5. The van der Waals surface area contributed by atoms with E-state index >= 15 is 0 Å². The van der Waals surface area contributed by atoms with Crippen molar-refractivity contribution < 1.29 is 14.3 Å². The molecule has 5 aliphatic rings. The molecule has 32 heavy (non-hydrogen) atoms. The van der Waals surface area contributed by atoms with Gasteiger partial charge in [-0.1, -0.05) is 17.7 Å². The minimum Gasteiger partial charge on any atom is -0.446 e. The second-order valence-corrected chi connectivity index (χ2v) is 10.7. The van der Waals surface area contributed by atoms with E-state index in [2.05, 4.69) is 4.98 Å². The number of amides is 2. The van der Waals surface area contributed by atoms with Crippen LogP contribution < -0.4 is 11.4 Å². The van der Waals surface area contributed by atoms with Gasteiger partial charge in [-0.15, -0.1) is 0 Å². The third-order valence-corrected chi connectivity index (χ3v) is 8.73. The van der Waals surface area contributed by atoms with Crippen LogP contribution in [0.2, 0.25) is 5.02 Å². The van der Waals surface area contributed by atoms with Crippen molar-refractivity contribution in [3.63, 3.8) is 0 Å². The van der Waals surface area contributed by atoms with Crippen molar-refractivity contribution in [1.82, 2.24) is 14.5 Å². The smallest absolute Gasteiger partial charge is 0.410 e. The molecule has 1 saturated heterocycles. The number of nitrogens with one attached hydrogen (secondary N) is 1. The Hall–Kier alpha value is -2.48. The normalized spacial score (nSPS) is 35.5. The van der Waals surface area contributed by atoms with Gasteiger partial charge in [-0.05, 0) is 68.4 Å². The van der Waals surface area contributed by atoms with Crippen molar-refractivity contribution in [2.75, 3.05) is 13.1 Å². The molecule has 5 fully saturated rings. The van der Waals surface area contributed by atoms with Crippen LogP contribution in [0.4, 0.5) is 4.79 Å². The molecule has 2 heterocycles. The van der Waals surface area contributed by atoms with Crippen LogP contribution in [0.15, 0.2) is 23.0 Å². The Labute approximate surface area is 190 Å². The Kier molecular flexibility index (Phi) is 4.41. The maximum absolute atomic E-state index is 13.1. The molecule has 8 nitrogen and oxygen atoms in total. The van der Waals surface area contributed by atoms with Crippen LogP contribution in [0, 0.1) is 23.2 Å². The van der Waals surface area contributed by atoms with Crippen LogP contribution in [0.1, 0.15) is 44.6 Å². The Morgan fingerprint density at radius 3 is 2.66 bits per heavy atom. The molecule has 4 aliphatic carbocycles. The van der Waals surface area contributed by atoms with E-state index in [1.54, 1.807) is 21.6 Å². The van der Waals surface area contributed by atoms with Gasteiger partial charge in [-0.25, -0.2) is 9.59 Å². The fourth-order valence-electron chi connectivity index (χ4n) is 7.27. The number of H-pyrrole nitrogens is 1. The zero-order chi connectivity index (χ0) is 22.2. The third-order valence-electron chi connectivity index (χ3n) is 8.42. The summed E-state index contributed by atoms with van der Waals surface area (Å²) in [4.78, 5) is 42.4. The van der Waals surface area contributed by atoms with E-state index in [0.29, 0.717) is 41.5 Å². The van der Waals surface area contributed by atoms with Crippen LogP contribution in [-0.4, -0.2) is 45.6 Å². The molecular weight excluding hydrogens is 432 g/mol. The average molecular weight is 459 g/mol. The number of aromatic nitrogens is 2. The van der Waals surface area contributed by atoms with Crippen molar-refractivity contribution in [3.8, 4) is 0 Å². The molecule has 1 aromatic heterocycles. The Morgan fingerprint density at radius 1 is 1.19 bits per heavy atom. The summed E-state index contributed by atoms with van der Waals surface area (Å²) >= 11 is 6.37. The van der Waals surface area contributed by atoms with Gasteiger partial charge in [0.25, 0.3) is 0 Å². The molecule has 1 aliphatic heterocycles. The monoisotopic (exact) mass is 458 g/mol. The Bertz CT molecular complexity index is 1160. The summed E-state index contributed by atoms with van der Waals surface area (Å²) in [6, 6.07) is 5.24. The first-order chi connectivity index (χ1) is 15.3. The summed E-state index contributed by atoms with van der Waals surface area (Å²) in [7, 11) is 0. The minimum absolute atomic E-state index is 0.143. The number of nitrogens with zero attached hydrogens (tertiary/aromatic N) is 2. The first-order valence-corrected chi connectivity index (χ1v) is 11.9. The highest BCUT2D eigenvalue weighted by atomic mass is 35.5. The van der Waals surface area contributed by atoms with Gasteiger partial charge in [-0.3, -0.25) is 9.36 Å². The van der Waals surface area contributed by atoms with Crippen molar-refractivity contribution in [1.29, 1.82) is 0 Å². The predicted molar refractivity (Wildman–Crippen MR) is 118 cm³/mol. The topological polar surface area (TPSA) is 110 Å². The number of rotatable bonds is 3. The lowest BCUT2D eigenvalue weighted by Crippen LogP contribution is -2.59. The van der Waals surface area contributed by atoms with E-state index in [1.807, 2.05) is 6.07 Å². The molecule has 2 amide bonds. The average Bonchev–Trinajstić information content (AvgIpc) is 3.34. The van der Waals surface area contributed by atoms with Gasteiger partial charge in [0.2, 0.25) is 5.91 Å². The van der Waals surface area contributed by atoms with Gasteiger partial charge in [0.05, 0.1) is 27.5 Å². The number of benzene rings is 1. The second kappa shape index (κ2) is 7.01. The molecule has 170 valence electrons. The summed E-state index contributed by atoms with van der Waals surface area (Å²) in [6.45, 7) is 0.940. The number of ether oxygens (including phenoxy) is 1. The van der Waals surface area contributed by atoms with Crippen LogP contribution in [0.5, 0.6) is 0 Å². The number of halogens is 1. The molecule has 9 heteroatoms. The highest BCUT2D eigenvalue weighted by molar-refractivity contribution is 6.34. The highest BCUT2D eigenvalue weighted by Crippen LogP contribution is 2.60. The number of para-hydroxylation sites is 1. The number of imidazole rings is 1. The summed E-state index contributed by atoms with van der Waals surface area (Å²) < 4.78 is 7.73. The molecule has 4 bridgehead atoms. The van der Waals surface area contributed by atoms with Crippen molar-refractivity contribution >= 4 is 34.6 Å². The molecular formula is C23H27ClN4O4. The van der Waals surface area contributed by atoms with E-state index in [0.717, 1.165) is 32.1 Å². The number of nitrogens with two attached hydrogens (primary N) is 1. The largest absolute Gasteiger partial charge is 0.446 e. The second-order valence-electron chi connectivity index (χ2n) is 10.3. The lowest BCUT2D eigenvalue weighted by Gasteiger charge is -2.58. The number of likely N-dealkylation sites (tertiary alicyclic amines) is 1. The van der Waals surface area contributed by atoms with E-state index in [9.17, 15) is 14.4 Å². The lowest BCUT2D eigenvalue weighted by atomic mass is 9.48. The van der Waals surface area contributed by atoms with Gasteiger partial charge in [0.15, 0.2) is 0 Å². The zero-order valence-corrected chi connectivity index (χ0v) is 18.5. The zero-order valence-electron chi connectivity index (χ0n) is 17.8. The van der Waals surface area contributed by atoms with E-state index in [1.165, 1.54) is 0 Å². The standard InChI is InChI=1S/C23H27ClN4O4/c24-16-2-1-3-17-18(16)28(21(30)26-17)15-4-5-27(11-15)22(31)32-19-13-6-12-7-14(19)10-23(8-12,9-13)20(25)29/h1-3,12-15,19H,4-11H2,(H2,25,29)(H,26,30). The number of fused-ring (bicyclic) bond motifs is 1. The Morgan fingerprint density at radius 2 is 1.94 bits per heavy atom. The van der Waals surface area contributed by atoms with Gasteiger partial charge in [0.1, 0.15) is 6.10 Å². The molecule has 3 unspecified atom stereocenters. The molecule has 7 rings (SSSR count). The van der Waals surface area contributed by atoms with Gasteiger partial charge >= 0.3 is 11.8 Å². The number of primary amides is 1. The number of carbonyl (C=O) groups excluding carboxylic acids is 2.